The van der Waals surface area contributed by atoms with Crippen molar-refractivity contribution >= 4 is 118 Å². The number of carbonyl (C=O) groups is 20. The van der Waals surface area contributed by atoms with Crippen molar-refractivity contribution in [1.29, 1.82) is 0 Å². The van der Waals surface area contributed by atoms with E-state index in [1.165, 1.54) is 34.6 Å². The van der Waals surface area contributed by atoms with Gasteiger partial charge in [0.05, 0.1) is 0 Å². The molecule has 1 heterocycles. The average molecular weight is 1760 g/mol. The molecule has 124 heavy (non-hydrogen) atoms. The summed E-state index contributed by atoms with van der Waals surface area (Å²) in [6.45, 7) is 27.4. The van der Waals surface area contributed by atoms with Crippen molar-refractivity contribution < 1.29 is 106 Å². The fraction of sp³-hybridized carbons (Fsp3) is 0.762. The molecule has 1 rings (SSSR count). The van der Waals surface area contributed by atoms with Crippen LogP contribution in [0, 0.1) is 47.3 Å². The Kier molecular flexibility index (Phi) is 51.9. The predicted octanol–water partition coefficient (Wildman–Crippen LogP) is -0.0135. The second-order valence-corrected chi connectivity index (χ2v) is 35.2. The van der Waals surface area contributed by atoms with E-state index in [4.69, 9.17) is 27.7 Å². The predicted molar refractivity (Wildman–Crippen MR) is 458 cm³/mol. The number of primary amides is 4. The Labute approximate surface area is 728 Å². The third-order valence-electron chi connectivity index (χ3n) is 20.5. The number of hydrogen-bond donors (Lipinski definition) is 19. The summed E-state index contributed by atoms with van der Waals surface area (Å²) in [5.41, 5.74) is 22.2. The Bertz CT molecular complexity index is 3590. The Hall–Kier alpha value is -10.6. The van der Waals surface area contributed by atoms with Crippen molar-refractivity contribution in [3.05, 3.63) is 0 Å². The van der Waals surface area contributed by atoms with Crippen LogP contribution in [0.5, 0.6) is 0 Å². The molecule has 1 saturated heterocycles. The monoisotopic (exact) mass is 1760 g/mol. The van der Waals surface area contributed by atoms with Crippen molar-refractivity contribution in [3.63, 3.8) is 0 Å². The fourth-order valence-electron chi connectivity index (χ4n) is 13.4. The highest BCUT2D eigenvalue weighted by Gasteiger charge is 2.41. The lowest BCUT2D eigenvalue weighted by molar-refractivity contribution is -0.152. The van der Waals surface area contributed by atoms with Crippen LogP contribution in [-0.2, 0) is 101 Å². The molecule has 18 amide bonds. The first-order chi connectivity index (χ1) is 57.9. The van der Waals surface area contributed by atoms with Crippen LogP contribution in [0.4, 0.5) is 0 Å². The number of ether oxygens (including phenoxy) is 1. The van der Waals surface area contributed by atoms with Gasteiger partial charge in [0.15, 0.2) is 0 Å². The molecule has 1 aliphatic rings. The minimum absolute atomic E-state index is 0.0444. The highest BCUT2D eigenvalue weighted by atomic mass is 16.5. The van der Waals surface area contributed by atoms with E-state index in [9.17, 15) is 91.4 Å². The van der Waals surface area contributed by atoms with Gasteiger partial charge in [-0.25, -0.2) is 4.79 Å². The van der Waals surface area contributed by atoms with Crippen LogP contribution in [0.25, 0.3) is 0 Å². The summed E-state index contributed by atoms with van der Waals surface area (Å²) in [5.74, 6) is -24.5. The van der Waals surface area contributed by atoms with Crippen molar-refractivity contribution in [3.8, 4) is 0 Å². The van der Waals surface area contributed by atoms with Crippen LogP contribution in [0.15, 0.2) is 0 Å². The molecule has 15 atom stereocenters. The molecule has 0 saturated carbocycles. The first-order valence-corrected chi connectivity index (χ1v) is 43.7. The minimum atomic E-state index is -2.10. The number of nitrogens with one attached hydrogen (secondary N) is 14. The number of hydrogen-bond acceptors (Lipinski definition) is 21. The maximum Gasteiger partial charge on any atom is 0.329 e. The zero-order chi connectivity index (χ0) is 94.5. The van der Waals surface area contributed by atoms with Gasteiger partial charge < -0.3 is 107 Å². The SMILES string of the molecule is CCCCCCCCCC(=O)N[C@H](CC(C)C)C(=O)N[C@H](CCC(=O)O)C(=O)N[C@H](CCC(N)=O)C(=O)N[C@@H](C(=O)N[C@H](CC(C)C)C(=O)N[C@@H](CCC(N)=O)C(=O)N[C@@H]1COC(=O)[C@H]([C@@H](C)CC)NC(=O)[C@@H](CCC(N)=O)NC(=O)[C@H](CC(C)C)NC(=O)[C@H](CC(C)C)NC(=O)[C@@H](CCC(N)=O)NC(=O)[C@@H](CC(C)C)NC(=O)[C@@H](C(C)C)NC1=O)C(C)C. The summed E-state index contributed by atoms with van der Waals surface area (Å²) in [6.07, 6.45) is 1.18. The Morgan fingerprint density at radius 3 is 1.13 bits per heavy atom. The number of rotatable bonds is 50. The van der Waals surface area contributed by atoms with Gasteiger partial charge in [-0.2, -0.15) is 0 Å². The molecule has 40 heteroatoms. The zero-order valence-electron chi connectivity index (χ0n) is 75.7. The average Bonchev–Trinajstić information content (AvgIpc) is 0.983. The third-order valence-corrected chi connectivity index (χ3v) is 20.5. The van der Waals surface area contributed by atoms with Gasteiger partial charge >= 0.3 is 11.9 Å². The molecule has 40 nitrogen and oxygen atoms in total. The Morgan fingerprint density at radius 2 is 0.734 bits per heavy atom. The number of esters is 1. The van der Waals surface area contributed by atoms with Crippen LogP contribution in [0.3, 0.4) is 0 Å². The van der Waals surface area contributed by atoms with E-state index in [-0.39, 0.29) is 68.6 Å². The fourth-order valence-corrected chi connectivity index (χ4v) is 13.4. The van der Waals surface area contributed by atoms with Gasteiger partial charge in [0.2, 0.25) is 106 Å². The normalized spacial score (nSPS) is 20.4. The van der Waals surface area contributed by atoms with Gasteiger partial charge in [-0.05, 0) is 118 Å². The summed E-state index contributed by atoms with van der Waals surface area (Å²) in [5, 5.41) is 45.7. The van der Waals surface area contributed by atoms with Crippen LogP contribution >= 0.6 is 0 Å². The molecule has 0 aromatic carbocycles. The molecule has 1 aliphatic heterocycles. The largest absolute Gasteiger partial charge is 0.481 e. The van der Waals surface area contributed by atoms with Crippen molar-refractivity contribution in [2.75, 3.05) is 6.61 Å². The van der Waals surface area contributed by atoms with Crippen molar-refractivity contribution in [1.82, 2.24) is 74.4 Å². The molecule has 1 fully saturated rings. The number of carboxylic acid groups (broad SMARTS) is 1. The molecule has 704 valence electrons. The molecular weight excluding hydrogens is 1610 g/mol. The molecule has 0 aliphatic carbocycles. The number of amides is 18. The van der Waals surface area contributed by atoms with Crippen LogP contribution in [0.2, 0.25) is 0 Å². The van der Waals surface area contributed by atoms with E-state index < -0.39 is 297 Å². The molecule has 0 radical (unpaired) electrons. The topological polar surface area (TPSA) is 643 Å². The standard InChI is InChI=1S/C84H146N18O22/c1-18-20-21-22-23-24-25-26-66(107)89-56(37-43(3)4)76(115)94-55(31-36-67(108)109)71(110)90-53(29-34-64(87)105)74(113)100-68(48(13)14)82(121)97-60(41-47(11)12)79(118)92-52(28-33-63(86)104)73(112)99-61-42-124-84(123)70(50(17)19-2)102-75(114)54(30-35-65(88)106)93-77(116)57(38-44(5)6)96-80(119)58(39-45(7)8)95-72(111)51(27-32-62(85)103)91-78(117)59(40-46(9)10)98-83(122)69(49(15)16)101-81(61)120/h43-61,68-70H,18-42H2,1-17H3,(H2,85,103)(H2,86,104)(H2,87,105)(H2,88,106)(H,89,107)(H,90,110)(H,91,117)(H,92,118)(H,93,116)(H,94,115)(H,95,111)(H,96,119)(H,97,121)(H,98,122)(H,99,112)(H,100,113)(H,101,120)(H,102,114)(H,108,109)/t50-,51+,52-,53+,54+,55+,56+,57-,58-,59+,60+,61+,68+,69+,70-/m0/s1. The lowest BCUT2D eigenvalue weighted by Crippen LogP contribution is -2.62. The maximum atomic E-state index is 15.1. The highest BCUT2D eigenvalue weighted by molar-refractivity contribution is 6.01. The second kappa shape index (κ2) is 57.8. The van der Waals surface area contributed by atoms with Gasteiger partial charge in [-0.3, -0.25) is 91.1 Å². The van der Waals surface area contributed by atoms with Gasteiger partial charge in [0.1, 0.15) is 91.2 Å². The number of carbonyl (C=O) groups excluding carboxylic acids is 19. The summed E-state index contributed by atoms with van der Waals surface area (Å²) < 4.78 is 5.80. The number of carboxylic acids is 1. The Balaban J connectivity index is 4.23. The summed E-state index contributed by atoms with van der Waals surface area (Å²) >= 11 is 0. The van der Waals surface area contributed by atoms with Crippen molar-refractivity contribution in [2.45, 2.75) is 356 Å². The number of unbranched alkanes of at least 4 members (excludes halogenated alkanes) is 6. The molecule has 0 bridgehead atoms. The number of cyclic esters (lactones) is 1. The molecule has 23 N–H and O–H groups in total. The highest BCUT2D eigenvalue weighted by Crippen LogP contribution is 2.19. The summed E-state index contributed by atoms with van der Waals surface area (Å²) in [7, 11) is 0. The summed E-state index contributed by atoms with van der Waals surface area (Å²) in [4.78, 5) is 280. The van der Waals surface area contributed by atoms with E-state index in [1.807, 2.05) is 0 Å². The molecule has 0 unspecified atom stereocenters. The van der Waals surface area contributed by atoms with Crippen LogP contribution < -0.4 is 97.4 Å². The number of nitrogens with two attached hydrogens (primary N) is 4. The van der Waals surface area contributed by atoms with Gasteiger partial charge in [0.25, 0.3) is 0 Å². The van der Waals surface area contributed by atoms with E-state index >= 15 is 9.59 Å². The second-order valence-electron chi connectivity index (χ2n) is 35.2. The first kappa shape index (κ1) is 111. The van der Waals surface area contributed by atoms with E-state index in [0.717, 1.165) is 38.5 Å². The minimum Gasteiger partial charge on any atom is -0.481 e. The van der Waals surface area contributed by atoms with Gasteiger partial charge in [-0.1, -0.05) is 163 Å². The first-order valence-electron chi connectivity index (χ1n) is 43.7. The molecule has 0 spiro atoms. The maximum absolute atomic E-state index is 15.1. The quantitative estimate of drug-likeness (QED) is 0.0281. The zero-order valence-corrected chi connectivity index (χ0v) is 75.7. The van der Waals surface area contributed by atoms with Gasteiger partial charge in [-0.15, -0.1) is 0 Å². The lowest BCUT2D eigenvalue weighted by atomic mass is 9.97. The summed E-state index contributed by atoms with van der Waals surface area (Å²) in [6, 6.07) is -22.6. The van der Waals surface area contributed by atoms with E-state index in [0.29, 0.717) is 6.42 Å². The van der Waals surface area contributed by atoms with E-state index in [2.05, 4.69) is 81.4 Å². The number of aliphatic carboxylic acids is 1. The molecular formula is C84H146N18O22. The Morgan fingerprint density at radius 1 is 0.379 bits per heavy atom. The van der Waals surface area contributed by atoms with Gasteiger partial charge in [0, 0.05) is 38.5 Å². The molecule has 0 aromatic heterocycles. The lowest BCUT2D eigenvalue weighted by Gasteiger charge is -2.30. The third kappa shape index (κ3) is 44.6. The van der Waals surface area contributed by atoms with Crippen LogP contribution in [0.1, 0.15) is 272 Å². The van der Waals surface area contributed by atoms with E-state index in [1.54, 1.807) is 76.2 Å². The van der Waals surface area contributed by atoms with Crippen LogP contribution in [-0.4, -0.2) is 215 Å². The smallest absolute Gasteiger partial charge is 0.329 e. The van der Waals surface area contributed by atoms with Crippen molar-refractivity contribution in [2.24, 2.45) is 70.3 Å². The molecule has 0 aromatic rings.